The fraction of sp³-hybridized carbons (Fsp3) is 1.00. The fourth-order valence-electron chi connectivity index (χ4n) is 5.54. The van der Waals surface area contributed by atoms with Gasteiger partial charge < -0.3 is 9.47 Å². The summed E-state index contributed by atoms with van der Waals surface area (Å²) in [6, 6.07) is 0. The number of hydrogen-bond donors (Lipinski definition) is 0. The topological polar surface area (TPSA) is 25.1 Å². The van der Waals surface area contributed by atoms with Gasteiger partial charge in [0.2, 0.25) is 0 Å². The van der Waals surface area contributed by atoms with Crippen LogP contribution in [0.4, 0.5) is 0 Å². The minimum absolute atomic E-state index is 0.705. The van der Waals surface area contributed by atoms with Gasteiger partial charge in [-0.1, -0.05) is 0 Å². The average Bonchev–Trinajstić information content (AvgIpc) is 2.73. The van der Waals surface area contributed by atoms with Crippen molar-refractivity contribution in [1.82, 2.24) is 0 Å². The quantitative estimate of drug-likeness (QED) is 0.377. The molecular formula is C10H10O2. The standard InChI is InChI=1S/C10H10O2/c11-7-3-1-2-5(3)9-10(12-9)6(2)4(1)8(7)11/h1-10H/t1?,2?,3-,4+,5+,6-,7-,8-,9-,10+/m0/s1. The Balaban J connectivity index is 1.67. The molecule has 0 radical (unpaired) electrons. The zero-order chi connectivity index (χ0) is 7.19. The highest BCUT2D eigenvalue weighted by molar-refractivity contribution is 5.36. The molecule has 62 valence electrons. The predicted octanol–water partition coefficient (Wildman–Crippen LogP) is 0.273. The first-order chi connectivity index (χ1) is 5.97. The molecule has 2 unspecified atom stereocenters. The number of hydrogen-bond acceptors (Lipinski definition) is 2. The molecule has 6 rings (SSSR count). The van der Waals surface area contributed by atoms with Crippen LogP contribution in [-0.2, 0) is 9.47 Å². The molecule has 0 amide bonds. The maximum absolute atomic E-state index is 5.73. The van der Waals surface area contributed by atoms with E-state index in [9.17, 15) is 0 Å². The number of epoxide rings is 2. The number of fused-ring (bicyclic) bond motifs is 8. The summed E-state index contributed by atoms with van der Waals surface area (Å²) in [5, 5.41) is 0. The Morgan fingerprint density at radius 2 is 0.750 bits per heavy atom. The van der Waals surface area contributed by atoms with E-state index in [2.05, 4.69) is 0 Å². The Kier molecular flexibility index (Phi) is 0.436. The van der Waals surface area contributed by atoms with Crippen molar-refractivity contribution in [1.29, 1.82) is 0 Å². The zero-order valence-corrected chi connectivity index (χ0v) is 6.59. The van der Waals surface area contributed by atoms with Gasteiger partial charge in [-0.3, -0.25) is 0 Å². The average molecular weight is 162 g/mol. The Morgan fingerprint density at radius 3 is 1.08 bits per heavy atom. The molecule has 6 aliphatic rings. The molecule has 0 aromatic carbocycles. The van der Waals surface area contributed by atoms with E-state index in [0.29, 0.717) is 24.4 Å². The lowest BCUT2D eigenvalue weighted by molar-refractivity contribution is -0.204. The van der Waals surface area contributed by atoms with Crippen molar-refractivity contribution < 1.29 is 9.47 Å². The van der Waals surface area contributed by atoms with Gasteiger partial charge in [-0.25, -0.2) is 0 Å². The Morgan fingerprint density at radius 1 is 0.417 bits per heavy atom. The van der Waals surface area contributed by atoms with Crippen LogP contribution in [0.3, 0.4) is 0 Å². The fourth-order valence-corrected chi connectivity index (χ4v) is 5.54. The maximum Gasteiger partial charge on any atom is 0.0879 e. The van der Waals surface area contributed by atoms with Gasteiger partial charge in [-0.2, -0.15) is 0 Å². The third-order valence-corrected chi connectivity index (χ3v) is 5.75. The van der Waals surface area contributed by atoms with E-state index in [1.165, 1.54) is 0 Å². The molecule has 0 bridgehead atoms. The second-order valence-corrected chi connectivity index (χ2v) is 5.59. The van der Waals surface area contributed by atoms with Crippen LogP contribution in [0, 0.1) is 35.5 Å². The van der Waals surface area contributed by atoms with E-state index in [1.807, 2.05) is 0 Å². The molecular weight excluding hydrogens is 152 g/mol. The zero-order valence-electron chi connectivity index (χ0n) is 6.59. The molecule has 2 heterocycles. The lowest BCUT2D eigenvalue weighted by Crippen LogP contribution is -2.62. The van der Waals surface area contributed by atoms with Crippen molar-refractivity contribution in [3.05, 3.63) is 0 Å². The summed E-state index contributed by atoms with van der Waals surface area (Å²) in [7, 11) is 0. The van der Waals surface area contributed by atoms with E-state index in [4.69, 9.17) is 9.47 Å². The van der Waals surface area contributed by atoms with Crippen molar-refractivity contribution in [3.63, 3.8) is 0 Å². The van der Waals surface area contributed by atoms with Crippen molar-refractivity contribution in [2.45, 2.75) is 24.4 Å². The second kappa shape index (κ2) is 1.05. The molecule has 2 nitrogen and oxygen atoms in total. The molecule has 12 heavy (non-hydrogen) atoms. The molecule has 2 aliphatic heterocycles. The summed E-state index contributed by atoms with van der Waals surface area (Å²) in [4.78, 5) is 0. The lowest BCUT2D eigenvalue weighted by Gasteiger charge is -2.61. The van der Waals surface area contributed by atoms with Gasteiger partial charge >= 0.3 is 0 Å². The highest BCUT2D eigenvalue weighted by Crippen LogP contribution is 2.84. The first-order valence-corrected chi connectivity index (χ1v) is 5.28. The van der Waals surface area contributed by atoms with E-state index in [0.717, 1.165) is 35.5 Å². The summed E-state index contributed by atoms with van der Waals surface area (Å²) in [5.41, 5.74) is 0. The monoisotopic (exact) mass is 162 g/mol. The van der Waals surface area contributed by atoms with Gasteiger partial charge in [0.15, 0.2) is 0 Å². The van der Waals surface area contributed by atoms with Gasteiger partial charge in [0.25, 0.3) is 0 Å². The van der Waals surface area contributed by atoms with E-state index < -0.39 is 0 Å². The third kappa shape index (κ3) is 0.252. The highest BCUT2D eigenvalue weighted by Gasteiger charge is 2.89. The van der Waals surface area contributed by atoms with E-state index >= 15 is 0 Å². The first-order valence-electron chi connectivity index (χ1n) is 5.28. The minimum Gasteiger partial charge on any atom is -0.369 e. The largest absolute Gasteiger partial charge is 0.369 e. The van der Waals surface area contributed by atoms with Gasteiger partial charge in [-0.15, -0.1) is 0 Å². The minimum atomic E-state index is 0.705. The SMILES string of the molecule is O1[C@@H]2[C@@H]1[C@@H]1C3C4[C@@H]1[C@H]1O[C@H]1[C@H]4[C@H]32. The van der Waals surface area contributed by atoms with Crippen LogP contribution in [0.5, 0.6) is 0 Å². The smallest absolute Gasteiger partial charge is 0.0879 e. The van der Waals surface area contributed by atoms with Gasteiger partial charge in [0, 0.05) is 0 Å². The molecule has 4 saturated carbocycles. The third-order valence-electron chi connectivity index (χ3n) is 5.75. The number of rotatable bonds is 0. The Hall–Kier alpha value is -0.0800. The van der Waals surface area contributed by atoms with Crippen LogP contribution in [0.15, 0.2) is 0 Å². The lowest BCUT2D eigenvalue weighted by atomic mass is 9.44. The van der Waals surface area contributed by atoms with Crippen LogP contribution in [0.1, 0.15) is 0 Å². The van der Waals surface area contributed by atoms with Crippen LogP contribution >= 0.6 is 0 Å². The highest BCUT2D eigenvalue weighted by atomic mass is 16.6. The van der Waals surface area contributed by atoms with Crippen molar-refractivity contribution >= 4 is 0 Å². The number of ether oxygens (including phenoxy) is 2. The Bertz CT molecular complexity index is 268. The van der Waals surface area contributed by atoms with Crippen LogP contribution in [-0.4, -0.2) is 24.4 Å². The Labute approximate surface area is 70.2 Å². The van der Waals surface area contributed by atoms with Crippen LogP contribution in [0.2, 0.25) is 0 Å². The normalized spacial score (nSPS) is 94.0. The second-order valence-electron chi connectivity index (χ2n) is 5.59. The van der Waals surface area contributed by atoms with Crippen LogP contribution in [0.25, 0.3) is 0 Å². The van der Waals surface area contributed by atoms with Crippen molar-refractivity contribution in [2.75, 3.05) is 0 Å². The maximum atomic E-state index is 5.73. The van der Waals surface area contributed by atoms with Crippen LogP contribution < -0.4 is 0 Å². The molecule has 2 saturated heterocycles. The summed E-state index contributed by atoms with van der Waals surface area (Å²) in [5.74, 6) is 6.05. The molecule has 6 fully saturated rings. The molecule has 2 heteroatoms. The summed E-state index contributed by atoms with van der Waals surface area (Å²) < 4.78 is 11.5. The van der Waals surface area contributed by atoms with E-state index in [-0.39, 0.29) is 0 Å². The summed E-state index contributed by atoms with van der Waals surface area (Å²) in [6.07, 6.45) is 2.82. The van der Waals surface area contributed by atoms with Gasteiger partial charge in [0.05, 0.1) is 24.4 Å². The molecule has 0 aromatic heterocycles. The van der Waals surface area contributed by atoms with Crippen molar-refractivity contribution in [3.8, 4) is 0 Å². The molecule has 4 aliphatic carbocycles. The predicted molar refractivity (Wildman–Crippen MR) is 38.3 cm³/mol. The molecule has 0 N–H and O–H groups in total. The molecule has 0 aromatic rings. The molecule has 0 spiro atoms. The van der Waals surface area contributed by atoms with E-state index in [1.54, 1.807) is 0 Å². The first kappa shape index (κ1) is 4.97. The summed E-state index contributed by atoms with van der Waals surface area (Å²) >= 11 is 0. The molecule has 10 atom stereocenters. The van der Waals surface area contributed by atoms with Gasteiger partial charge in [0.1, 0.15) is 0 Å². The van der Waals surface area contributed by atoms with Gasteiger partial charge in [-0.05, 0) is 35.5 Å². The summed E-state index contributed by atoms with van der Waals surface area (Å²) in [6.45, 7) is 0. The van der Waals surface area contributed by atoms with Crippen molar-refractivity contribution in [2.24, 2.45) is 35.5 Å².